The van der Waals surface area contributed by atoms with Crippen LogP contribution in [0.5, 0.6) is 5.75 Å². The van der Waals surface area contributed by atoms with Gasteiger partial charge in [0.2, 0.25) is 0 Å². The number of hydrogen-bond donors (Lipinski definition) is 3. The molecule has 0 bridgehead atoms. The van der Waals surface area contributed by atoms with Crippen LogP contribution in [0.2, 0.25) is 0 Å². The van der Waals surface area contributed by atoms with Gasteiger partial charge in [-0.1, -0.05) is 32.0 Å². The summed E-state index contributed by atoms with van der Waals surface area (Å²) in [4.78, 5) is 15.3. The second kappa shape index (κ2) is 9.31. The Balaban J connectivity index is 2.04. The number of carbonyl (C=O) groups is 1. The third-order valence-electron chi connectivity index (χ3n) is 5.44. The highest BCUT2D eigenvalue weighted by Gasteiger charge is 2.42. The van der Waals surface area contributed by atoms with Crippen molar-refractivity contribution >= 4 is 11.5 Å². The van der Waals surface area contributed by atoms with Crippen molar-refractivity contribution in [3.63, 3.8) is 0 Å². The molecule has 3 rings (SSSR count). The normalized spacial score (nSPS) is 18.3. The van der Waals surface area contributed by atoms with Gasteiger partial charge in [-0.25, -0.2) is 4.39 Å². The van der Waals surface area contributed by atoms with Crippen LogP contribution >= 0.6 is 0 Å². The number of allylic oxidation sites excluding steroid dienone is 2. The first kappa shape index (κ1) is 22.5. The predicted octanol–water partition coefficient (Wildman–Crippen LogP) is 4.41. The highest BCUT2D eigenvalue weighted by Crippen LogP contribution is 2.44. The highest BCUT2D eigenvalue weighted by molar-refractivity contribution is 5.82. The minimum absolute atomic E-state index is 0.117. The maximum Gasteiger partial charge on any atom is 0.307 e. The van der Waals surface area contributed by atoms with E-state index in [2.05, 4.69) is 10.3 Å². The Morgan fingerprint density at radius 1 is 1.26 bits per heavy atom. The van der Waals surface area contributed by atoms with E-state index in [0.717, 1.165) is 5.57 Å². The molecule has 0 saturated heterocycles. The molecule has 0 aliphatic heterocycles. The average Bonchev–Trinajstić information content (AvgIpc) is 2.98. The Kier molecular flexibility index (Phi) is 6.75. The lowest BCUT2D eigenvalue weighted by Crippen LogP contribution is -2.35. The van der Waals surface area contributed by atoms with Crippen LogP contribution in [0.4, 0.5) is 4.39 Å². The van der Waals surface area contributed by atoms with Gasteiger partial charge in [0.05, 0.1) is 12.1 Å². The van der Waals surface area contributed by atoms with Gasteiger partial charge in [-0.3, -0.25) is 9.78 Å². The number of carboxylic acids is 1. The zero-order valence-corrected chi connectivity index (χ0v) is 17.9. The first-order valence-corrected chi connectivity index (χ1v) is 10.3. The highest BCUT2D eigenvalue weighted by atomic mass is 19.1. The molecule has 2 aromatic rings. The van der Waals surface area contributed by atoms with Crippen molar-refractivity contribution in [2.75, 3.05) is 6.54 Å². The monoisotopic (exact) mass is 426 g/mol. The second-order valence-corrected chi connectivity index (χ2v) is 7.50. The fourth-order valence-electron chi connectivity index (χ4n) is 3.74. The molecule has 1 unspecified atom stereocenters. The Morgan fingerprint density at radius 2 is 2.00 bits per heavy atom. The molecule has 1 aromatic heterocycles. The zero-order chi connectivity index (χ0) is 22.6. The van der Waals surface area contributed by atoms with Crippen molar-refractivity contribution in [1.29, 1.82) is 0 Å². The number of nitrogens with one attached hydrogen (secondary N) is 1. The topological polar surface area (TPSA) is 91.7 Å². The van der Waals surface area contributed by atoms with Crippen molar-refractivity contribution < 1.29 is 24.1 Å². The summed E-state index contributed by atoms with van der Waals surface area (Å²) in [5, 5.41) is 23.4. The van der Waals surface area contributed by atoms with E-state index in [9.17, 15) is 15.0 Å². The molecule has 1 aliphatic carbocycles. The number of pyridine rings is 1. The summed E-state index contributed by atoms with van der Waals surface area (Å²) in [5.41, 5.74) is 0.874. The first-order chi connectivity index (χ1) is 14.8. The number of halogens is 1. The maximum absolute atomic E-state index is 15.2. The van der Waals surface area contributed by atoms with Crippen LogP contribution in [0.1, 0.15) is 44.0 Å². The summed E-state index contributed by atoms with van der Waals surface area (Å²) in [7, 11) is 0. The molecule has 7 heteroatoms. The number of carboxylic acid groups (broad SMARTS) is 1. The molecule has 164 valence electrons. The minimum Gasteiger partial charge on any atom is -0.507 e. The van der Waals surface area contributed by atoms with E-state index in [1.807, 2.05) is 13.8 Å². The number of aliphatic hydroxyl groups excluding tert-OH is 1. The van der Waals surface area contributed by atoms with Crippen molar-refractivity contribution in [3.8, 4) is 5.75 Å². The number of benzene rings is 1. The number of aliphatic carboxylic acids is 1. The average molecular weight is 426 g/mol. The number of rotatable bonds is 9. The quantitative estimate of drug-likeness (QED) is 0.550. The molecule has 0 amide bonds. The van der Waals surface area contributed by atoms with E-state index < -0.39 is 17.4 Å². The Morgan fingerprint density at radius 3 is 2.68 bits per heavy atom. The molecule has 0 spiro atoms. The Hall–Kier alpha value is -3.19. The van der Waals surface area contributed by atoms with Gasteiger partial charge < -0.3 is 20.3 Å². The van der Waals surface area contributed by atoms with Gasteiger partial charge in [0.1, 0.15) is 11.5 Å². The van der Waals surface area contributed by atoms with Gasteiger partial charge in [-0.15, -0.1) is 0 Å². The van der Waals surface area contributed by atoms with E-state index in [1.54, 1.807) is 37.3 Å². The van der Waals surface area contributed by atoms with Crippen molar-refractivity contribution in [2.45, 2.75) is 45.8 Å². The van der Waals surface area contributed by atoms with Crippen LogP contribution in [-0.2, 0) is 17.8 Å². The predicted molar refractivity (Wildman–Crippen MR) is 116 cm³/mol. The number of nitrogens with zero attached hydrogens (tertiary/aromatic N) is 1. The van der Waals surface area contributed by atoms with Crippen molar-refractivity contribution in [1.82, 2.24) is 10.3 Å². The molecule has 1 heterocycles. The fraction of sp³-hybridized carbons (Fsp3) is 0.333. The van der Waals surface area contributed by atoms with Gasteiger partial charge >= 0.3 is 5.97 Å². The molecule has 1 atom stereocenters. The van der Waals surface area contributed by atoms with Gasteiger partial charge in [0, 0.05) is 29.4 Å². The second-order valence-electron chi connectivity index (χ2n) is 7.50. The van der Waals surface area contributed by atoms with Gasteiger partial charge in [0.25, 0.3) is 0 Å². The van der Waals surface area contributed by atoms with Crippen molar-refractivity contribution in [3.05, 3.63) is 76.6 Å². The first-order valence-electron chi connectivity index (χ1n) is 10.3. The number of ether oxygens (including phenoxy) is 1. The summed E-state index contributed by atoms with van der Waals surface area (Å²) >= 11 is 0. The molecule has 0 radical (unpaired) electrons. The molecule has 1 aromatic carbocycles. The number of para-hydroxylation sites is 1. The van der Waals surface area contributed by atoms with E-state index in [1.165, 1.54) is 12.3 Å². The van der Waals surface area contributed by atoms with E-state index in [-0.39, 0.29) is 30.0 Å². The summed E-state index contributed by atoms with van der Waals surface area (Å²) in [6.07, 6.45) is 3.61. The minimum atomic E-state index is -1.24. The van der Waals surface area contributed by atoms with E-state index in [4.69, 9.17) is 4.74 Å². The number of aliphatic hydroxyl groups is 1. The number of hydrogen-bond acceptors (Lipinski definition) is 5. The maximum atomic E-state index is 15.2. The van der Waals surface area contributed by atoms with Crippen LogP contribution in [0, 0.1) is 5.82 Å². The number of aromatic nitrogens is 1. The van der Waals surface area contributed by atoms with Crippen LogP contribution in [0.25, 0.3) is 5.57 Å². The summed E-state index contributed by atoms with van der Waals surface area (Å²) in [5.74, 6) is -1.23. The third kappa shape index (κ3) is 4.46. The van der Waals surface area contributed by atoms with Gasteiger partial charge in [-0.2, -0.15) is 0 Å². The Labute approximate surface area is 181 Å². The van der Waals surface area contributed by atoms with E-state index in [0.29, 0.717) is 29.9 Å². The summed E-state index contributed by atoms with van der Waals surface area (Å²) < 4.78 is 21.4. The standard InChI is InChI=1S/C24H27FN2O4/c1-4-16-13-18(17-10-11-27-19(22(17)25)14-26-5-2)23(30)24(16,3)31-20-9-7-6-8-15(20)12-21(28)29/h6-11,13,26,30H,4-5,12,14H2,1-3H3,(H,28,29). The molecule has 0 saturated carbocycles. The molecule has 0 fully saturated rings. The SMILES string of the molecule is CCNCc1nccc(C2=C(O)C(C)(Oc3ccccc3CC(=O)O)C(CC)=C2)c1F. The van der Waals surface area contributed by atoms with Crippen LogP contribution in [0.15, 0.2) is 53.9 Å². The van der Waals surface area contributed by atoms with Gasteiger partial charge in [-0.05, 0) is 43.7 Å². The zero-order valence-electron chi connectivity index (χ0n) is 17.9. The molecule has 3 N–H and O–H groups in total. The lowest BCUT2D eigenvalue weighted by Gasteiger charge is -2.30. The largest absolute Gasteiger partial charge is 0.507 e. The summed E-state index contributed by atoms with van der Waals surface area (Å²) in [6, 6.07) is 8.35. The van der Waals surface area contributed by atoms with Crippen LogP contribution in [-0.4, -0.2) is 33.3 Å². The van der Waals surface area contributed by atoms with Crippen LogP contribution < -0.4 is 10.1 Å². The molecule has 31 heavy (non-hydrogen) atoms. The fourth-order valence-corrected chi connectivity index (χ4v) is 3.74. The third-order valence-corrected chi connectivity index (χ3v) is 5.44. The lowest BCUT2D eigenvalue weighted by molar-refractivity contribution is -0.136. The Bertz CT molecular complexity index is 1050. The smallest absolute Gasteiger partial charge is 0.307 e. The van der Waals surface area contributed by atoms with Crippen LogP contribution in [0.3, 0.4) is 0 Å². The molecule has 6 nitrogen and oxygen atoms in total. The van der Waals surface area contributed by atoms with Gasteiger partial charge in [0.15, 0.2) is 11.4 Å². The van der Waals surface area contributed by atoms with E-state index >= 15 is 4.39 Å². The molecule has 1 aliphatic rings. The molecular weight excluding hydrogens is 399 g/mol. The summed E-state index contributed by atoms with van der Waals surface area (Å²) in [6.45, 7) is 6.52. The van der Waals surface area contributed by atoms with Crippen molar-refractivity contribution in [2.24, 2.45) is 0 Å². The lowest BCUT2D eigenvalue weighted by atomic mass is 9.95. The molecular formula is C24H27FN2O4.